The number of rotatable bonds is 5. The van der Waals surface area contributed by atoms with Gasteiger partial charge in [0, 0.05) is 38.4 Å². The molecule has 24 heavy (non-hydrogen) atoms. The van der Waals surface area contributed by atoms with Crippen LogP contribution >= 0.6 is 0 Å². The van der Waals surface area contributed by atoms with Crippen molar-refractivity contribution in [3.8, 4) is 0 Å². The Balaban J connectivity index is 1.71. The largest absolute Gasteiger partial charge is 0.381 e. The number of hydrogen-bond acceptors (Lipinski definition) is 3. The van der Waals surface area contributed by atoms with E-state index < -0.39 is 5.03 Å². The van der Waals surface area contributed by atoms with E-state index in [0.29, 0.717) is 18.4 Å². The average molecular weight is 330 g/mol. The number of aryl methyl sites for hydroxylation is 1. The van der Waals surface area contributed by atoms with Crippen LogP contribution in [-0.2, 0) is 4.74 Å². The highest BCUT2D eigenvalue weighted by atomic mass is 16.7. The van der Waals surface area contributed by atoms with Crippen molar-refractivity contribution < 1.29 is 9.77 Å². The van der Waals surface area contributed by atoms with Gasteiger partial charge >= 0.3 is 0 Å². The number of hydrazone groups is 1. The highest BCUT2D eigenvalue weighted by Crippen LogP contribution is 2.19. The van der Waals surface area contributed by atoms with Gasteiger partial charge in [0.25, 0.3) is 5.96 Å². The van der Waals surface area contributed by atoms with Crippen LogP contribution in [0.1, 0.15) is 17.5 Å². The number of ether oxygens (including phenoxy) is 1. The van der Waals surface area contributed by atoms with Gasteiger partial charge in [0.1, 0.15) is 5.10 Å². The summed E-state index contributed by atoms with van der Waals surface area (Å²) in [7, 11) is 0. The van der Waals surface area contributed by atoms with Gasteiger partial charge in [0.15, 0.2) is 5.03 Å². The van der Waals surface area contributed by atoms with E-state index in [4.69, 9.17) is 4.74 Å². The van der Waals surface area contributed by atoms with E-state index in [9.17, 15) is 10.1 Å². The Morgan fingerprint density at radius 2 is 2.17 bits per heavy atom. The second kappa shape index (κ2) is 7.44. The van der Waals surface area contributed by atoms with Gasteiger partial charge in [-0.2, -0.15) is 0 Å². The third kappa shape index (κ3) is 4.11. The highest BCUT2D eigenvalue weighted by molar-refractivity contribution is 5.83. The molecule has 0 amide bonds. The molecule has 1 unspecified atom stereocenters. The first-order valence-electron chi connectivity index (χ1n) is 8.19. The molecule has 1 aromatic rings. The van der Waals surface area contributed by atoms with Crippen LogP contribution < -0.4 is 0 Å². The molecule has 1 aromatic carbocycles. The Morgan fingerprint density at radius 3 is 2.83 bits per heavy atom. The zero-order valence-corrected chi connectivity index (χ0v) is 13.8. The van der Waals surface area contributed by atoms with Crippen LogP contribution in [0.4, 0.5) is 0 Å². The van der Waals surface area contributed by atoms with E-state index in [1.165, 1.54) is 5.56 Å². The fraction of sp³-hybridized carbons (Fsp3) is 0.471. The standard InChI is InChI=1S/C17H22N4O3/c1-14-2-4-15(5-3-14)6-8-19-9-10-20(17(19)18-21(22)23)12-16-7-11-24-13-16/h2-6,8,16H,7,9-13H2,1H3. The Kier molecular flexibility index (Phi) is 5.10. The third-order valence-electron chi connectivity index (χ3n) is 4.35. The molecule has 0 saturated carbocycles. The van der Waals surface area contributed by atoms with Crippen molar-refractivity contribution >= 4 is 12.0 Å². The molecule has 0 aromatic heterocycles. The fourth-order valence-electron chi connectivity index (χ4n) is 3.01. The molecule has 7 nitrogen and oxygen atoms in total. The zero-order valence-electron chi connectivity index (χ0n) is 13.8. The Bertz CT molecular complexity index is 636. The molecule has 2 saturated heterocycles. The quantitative estimate of drug-likeness (QED) is 0.611. The number of benzene rings is 1. The summed E-state index contributed by atoms with van der Waals surface area (Å²) in [5.74, 6) is 0.832. The first-order chi connectivity index (χ1) is 11.6. The lowest BCUT2D eigenvalue weighted by Crippen LogP contribution is -2.35. The van der Waals surface area contributed by atoms with Crippen LogP contribution in [0.15, 0.2) is 35.6 Å². The lowest BCUT2D eigenvalue weighted by atomic mass is 10.1. The van der Waals surface area contributed by atoms with Crippen molar-refractivity contribution in [3.05, 3.63) is 51.7 Å². The van der Waals surface area contributed by atoms with Crippen LogP contribution in [0, 0.1) is 23.0 Å². The van der Waals surface area contributed by atoms with E-state index in [1.54, 1.807) is 0 Å². The maximum absolute atomic E-state index is 10.9. The first-order valence-corrected chi connectivity index (χ1v) is 8.19. The monoisotopic (exact) mass is 330 g/mol. The Hall–Kier alpha value is -2.41. The molecule has 2 aliphatic rings. The minimum absolute atomic E-state index is 0.412. The number of nitro groups is 1. The fourth-order valence-corrected chi connectivity index (χ4v) is 3.01. The van der Waals surface area contributed by atoms with Gasteiger partial charge in [-0.1, -0.05) is 29.8 Å². The van der Waals surface area contributed by atoms with Gasteiger partial charge < -0.3 is 14.5 Å². The molecule has 2 aliphatic heterocycles. The van der Waals surface area contributed by atoms with Crippen molar-refractivity contribution in [1.82, 2.24) is 9.80 Å². The van der Waals surface area contributed by atoms with E-state index in [0.717, 1.165) is 38.3 Å². The summed E-state index contributed by atoms with van der Waals surface area (Å²) < 4.78 is 5.40. The Labute approximate surface area is 141 Å². The molecule has 3 rings (SSSR count). The van der Waals surface area contributed by atoms with Crippen molar-refractivity contribution in [2.45, 2.75) is 13.3 Å². The SMILES string of the molecule is Cc1ccc(C=CN2CCN(CC3CCOC3)C2=N[N+](=O)[O-])cc1. The van der Waals surface area contributed by atoms with E-state index in [-0.39, 0.29) is 0 Å². The molecular weight excluding hydrogens is 308 g/mol. The summed E-state index contributed by atoms with van der Waals surface area (Å²) in [4.78, 5) is 14.7. The van der Waals surface area contributed by atoms with Crippen molar-refractivity contribution in [1.29, 1.82) is 0 Å². The smallest absolute Gasteiger partial charge is 0.278 e. The van der Waals surface area contributed by atoms with Crippen LogP contribution in [0.2, 0.25) is 0 Å². The summed E-state index contributed by atoms with van der Waals surface area (Å²) in [6.45, 7) is 5.73. The second-order valence-electron chi connectivity index (χ2n) is 6.23. The Morgan fingerprint density at radius 1 is 1.38 bits per heavy atom. The minimum atomic E-state index is -0.620. The maximum Gasteiger partial charge on any atom is 0.278 e. The number of hydrogen-bond donors (Lipinski definition) is 0. The van der Waals surface area contributed by atoms with Gasteiger partial charge in [0.2, 0.25) is 0 Å². The lowest BCUT2D eigenvalue weighted by Gasteiger charge is -2.21. The molecule has 2 fully saturated rings. The van der Waals surface area contributed by atoms with Crippen LogP contribution in [0.25, 0.3) is 6.08 Å². The topological polar surface area (TPSA) is 71.2 Å². The molecule has 0 spiro atoms. The molecular formula is C17H22N4O3. The van der Waals surface area contributed by atoms with Crippen molar-refractivity contribution in [3.63, 3.8) is 0 Å². The molecule has 0 bridgehead atoms. The molecule has 2 heterocycles. The van der Waals surface area contributed by atoms with Crippen LogP contribution in [0.3, 0.4) is 0 Å². The van der Waals surface area contributed by atoms with Gasteiger partial charge in [-0.25, -0.2) is 10.1 Å². The predicted molar refractivity (Wildman–Crippen MR) is 91.8 cm³/mol. The van der Waals surface area contributed by atoms with Crippen molar-refractivity contribution in [2.24, 2.45) is 11.0 Å². The van der Waals surface area contributed by atoms with E-state index >= 15 is 0 Å². The van der Waals surface area contributed by atoms with E-state index in [1.807, 2.05) is 53.3 Å². The third-order valence-corrected chi connectivity index (χ3v) is 4.35. The molecule has 128 valence electrons. The van der Waals surface area contributed by atoms with Gasteiger partial charge in [-0.15, -0.1) is 0 Å². The van der Waals surface area contributed by atoms with Crippen LogP contribution in [-0.4, -0.2) is 53.6 Å². The summed E-state index contributed by atoms with van der Waals surface area (Å²) in [6, 6.07) is 8.14. The second-order valence-corrected chi connectivity index (χ2v) is 6.23. The summed E-state index contributed by atoms with van der Waals surface area (Å²) in [6.07, 6.45) is 4.83. The normalized spacial score (nSPS) is 22.9. The lowest BCUT2D eigenvalue weighted by molar-refractivity contribution is -0.486. The van der Waals surface area contributed by atoms with Crippen LogP contribution in [0.5, 0.6) is 0 Å². The van der Waals surface area contributed by atoms with Gasteiger partial charge in [0.05, 0.1) is 6.61 Å². The summed E-state index contributed by atoms with van der Waals surface area (Å²) in [5, 5.41) is 13.9. The molecule has 7 heteroatoms. The van der Waals surface area contributed by atoms with Crippen molar-refractivity contribution in [2.75, 3.05) is 32.8 Å². The minimum Gasteiger partial charge on any atom is -0.381 e. The summed E-state index contributed by atoms with van der Waals surface area (Å²) >= 11 is 0. The van der Waals surface area contributed by atoms with E-state index in [2.05, 4.69) is 5.10 Å². The maximum atomic E-state index is 10.9. The number of nitrogens with zero attached hydrogens (tertiary/aromatic N) is 4. The molecule has 0 N–H and O–H groups in total. The molecule has 0 aliphatic carbocycles. The van der Waals surface area contributed by atoms with Gasteiger partial charge in [-0.05, 0) is 25.0 Å². The number of guanidine groups is 1. The first kappa shape index (κ1) is 16.4. The zero-order chi connectivity index (χ0) is 16.9. The molecule has 1 atom stereocenters. The van der Waals surface area contributed by atoms with Gasteiger partial charge in [-0.3, -0.25) is 0 Å². The molecule has 0 radical (unpaired) electrons. The average Bonchev–Trinajstić information content (AvgIpc) is 3.18. The summed E-state index contributed by atoms with van der Waals surface area (Å²) in [5.41, 5.74) is 2.26. The highest BCUT2D eigenvalue weighted by Gasteiger charge is 2.31. The predicted octanol–water partition coefficient (Wildman–Crippen LogP) is 2.17.